The lowest BCUT2D eigenvalue weighted by atomic mass is 10.2. The highest BCUT2D eigenvalue weighted by atomic mass is 15.4. The van der Waals surface area contributed by atoms with Crippen molar-refractivity contribution < 1.29 is 0 Å². The van der Waals surface area contributed by atoms with Gasteiger partial charge in [0.2, 0.25) is 0 Å². The van der Waals surface area contributed by atoms with E-state index in [1.165, 1.54) is 36.1 Å². The number of benzene rings is 1. The Morgan fingerprint density at radius 1 is 1.00 bits per heavy atom. The van der Waals surface area contributed by atoms with Crippen LogP contribution in [0, 0.1) is 0 Å². The zero-order valence-corrected chi connectivity index (χ0v) is 9.24. The van der Waals surface area contributed by atoms with E-state index in [9.17, 15) is 0 Å². The van der Waals surface area contributed by atoms with E-state index in [0.29, 0.717) is 6.04 Å². The standard InChI is InChI=1S/C13H20N/c1-12(2)14(10-6-7-11-14)13-8-4-3-5-9-13/h3-5,8-9,12H,6-7,10-11H2,1-2H3/q+1. The molecule has 1 saturated heterocycles. The van der Waals surface area contributed by atoms with Gasteiger partial charge in [0, 0.05) is 12.8 Å². The Morgan fingerprint density at radius 3 is 2.07 bits per heavy atom. The van der Waals surface area contributed by atoms with Crippen LogP contribution in [-0.4, -0.2) is 19.1 Å². The summed E-state index contributed by atoms with van der Waals surface area (Å²) in [6.45, 7) is 7.33. The number of hydrogen-bond donors (Lipinski definition) is 0. The van der Waals surface area contributed by atoms with Gasteiger partial charge in [0.15, 0.2) is 0 Å². The molecule has 76 valence electrons. The van der Waals surface area contributed by atoms with Gasteiger partial charge in [-0.15, -0.1) is 0 Å². The second kappa shape index (κ2) is 3.74. The van der Waals surface area contributed by atoms with E-state index in [-0.39, 0.29) is 0 Å². The van der Waals surface area contributed by atoms with Crippen molar-refractivity contribution in [3.05, 3.63) is 30.3 Å². The van der Waals surface area contributed by atoms with Gasteiger partial charge in [0.1, 0.15) is 5.69 Å². The molecule has 1 aromatic carbocycles. The first-order valence-corrected chi connectivity index (χ1v) is 5.68. The molecule has 1 aromatic rings. The molecule has 0 radical (unpaired) electrons. The third-order valence-electron chi connectivity index (χ3n) is 3.62. The molecule has 0 aliphatic carbocycles. The van der Waals surface area contributed by atoms with Crippen LogP contribution in [-0.2, 0) is 0 Å². The van der Waals surface area contributed by atoms with Crippen molar-refractivity contribution in [2.24, 2.45) is 0 Å². The highest BCUT2D eigenvalue weighted by Crippen LogP contribution is 2.31. The van der Waals surface area contributed by atoms with Gasteiger partial charge >= 0.3 is 0 Å². The molecule has 0 N–H and O–H groups in total. The first-order valence-electron chi connectivity index (χ1n) is 5.68. The Labute approximate surface area is 86.9 Å². The first kappa shape index (κ1) is 9.72. The molecule has 1 aliphatic rings. The van der Waals surface area contributed by atoms with Crippen LogP contribution in [0.3, 0.4) is 0 Å². The van der Waals surface area contributed by atoms with Crippen molar-refractivity contribution in [2.45, 2.75) is 32.7 Å². The molecule has 0 atom stereocenters. The maximum absolute atomic E-state index is 2.35. The van der Waals surface area contributed by atoms with E-state index in [0.717, 1.165) is 0 Å². The summed E-state index contributed by atoms with van der Waals surface area (Å²) in [7, 11) is 0. The van der Waals surface area contributed by atoms with Crippen LogP contribution in [0.2, 0.25) is 0 Å². The normalized spacial score (nSPS) is 20.2. The highest BCUT2D eigenvalue weighted by molar-refractivity contribution is 5.43. The van der Waals surface area contributed by atoms with E-state index in [2.05, 4.69) is 44.2 Å². The van der Waals surface area contributed by atoms with Crippen LogP contribution in [0.15, 0.2) is 30.3 Å². The average molecular weight is 190 g/mol. The second-order valence-electron chi connectivity index (χ2n) is 4.62. The molecule has 14 heavy (non-hydrogen) atoms. The van der Waals surface area contributed by atoms with Gasteiger partial charge in [-0.25, -0.2) is 0 Å². The third-order valence-corrected chi connectivity index (χ3v) is 3.62. The lowest BCUT2D eigenvalue weighted by Crippen LogP contribution is -2.52. The molecule has 0 saturated carbocycles. The summed E-state index contributed by atoms with van der Waals surface area (Å²) in [5.74, 6) is 0. The molecule has 1 fully saturated rings. The highest BCUT2D eigenvalue weighted by Gasteiger charge is 2.36. The summed E-state index contributed by atoms with van der Waals surface area (Å²) < 4.78 is 1.20. The van der Waals surface area contributed by atoms with Crippen molar-refractivity contribution in [1.29, 1.82) is 0 Å². The SMILES string of the molecule is CC(C)[N+]1(c2ccccc2)CCCC1. The molecule has 1 aliphatic heterocycles. The van der Waals surface area contributed by atoms with Gasteiger partial charge in [-0.1, -0.05) is 18.2 Å². The lowest BCUT2D eigenvalue weighted by molar-refractivity contribution is 0.273. The van der Waals surface area contributed by atoms with E-state index in [1.54, 1.807) is 0 Å². The lowest BCUT2D eigenvalue weighted by Gasteiger charge is -2.37. The molecule has 0 spiro atoms. The van der Waals surface area contributed by atoms with Crippen molar-refractivity contribution in [1.82, 2.24) is 4.48 Å². The molecular formula is C13H20N+. The minimum absolute atomic E-state index is 0.708. The van der Waals surface area contributed by atoms with Gasteiger partial charge in [0.25, 0.3) is 0 Å². The number of hydrogen-bond acceptors (Lipinski definition) is 0. The maximum Gasteiger partial charge on any atom is 0.133 e. The zero-order chi connectivity index (χ0) is 10.0. The van der Waals surface area contributed by atoms with E-state index < -0.39 is 0 Å². The minimum atomic E-state index is 0.708. The summed E-state index contributed by atoms with van der Waals surface area (Å²) >= 11 is 0. The monoisotopic (exact) mass is 190 g/mol. The maximum atomic E-state index is 2.35. The molecule has 0 amide bonds. The van der Waals surface area contributed by atoms with E-state index in [4.69, 9.17) is 0 Å². The fourth-order valence-electron chi connectivity index (χ4n) is 2.70. The largest absolute Gasteiger partial charge is 0.289 e. The molecule has 0 unspecified atom stereocenters. The third kappa shape index (κ3) is 1.46. The summed E-state index contributed by atoms with van der Waals surface area (Å²) in [6, 6.07) is 11.7. The Kier molecular flexibility index (Phi) is 2.60. The summed E-state index contributed by atoms with van der Waals surface area (Å²) in [4.78, 5) is 0. The predicted octanol–water partition coefficient (Wildman–Crippen LogP) is 3.20. The van der Waals surface area contributed by atoms with Gasteiger partial charge in [0.05, 0.1) is 19.1 Å². The van der Waals surface area contributed by atoms with Crippen molar-refractivity contribution in [3.8, 4) is 0 Å². The molecule has 1 nitrogen and oxygen atoms in total. The molecule has 1 heterocycles. The molecule has 2 rings (SSSR count). The molecule has 1 heteroatoms. The molecule has 0 bridgehead atoms. The van der Waals surface area contributed by atoms with E-state index >= 15 is 0 Å². The van der Waals surface area contributed by atoms with Crippen LogP contribution in [0.5, 0.6) is 0 Å². The Hall–Kier alpha value is -0.820. The number of para-hydroxylation sites is 1. The fraction of sp³-hybridized carbons (Fsp3) is 0.538. The number of quaternary nitrogens is 1. The fourth-order valence-corrected chi connectivity index (χ4v) is 2.70. The van der Waals surface area contributed by atoms with E-state index in [1.807, 2.05) is 0 Å². The molecule has 0 aromatic heterocycles. The van der Waals surface area contributed by atoms with Crippen LogP contribution in [0.4, 0.5) is 5.69 Å². The summed E-state index contributed by atoms with van der Waals surface area (Å²) in [6.07, 6.45) is 2.76. The van der Waals surface area contributed by atoms with Crippen LogP contribution < -0.4 is 4.48 Å². The van der Waals surface area contributed by atoms with Gasteiger partial charge in [-0.2, -0.15) is 0 Å². The Bertz CT molecular complexity index is 283. The summed E-state index contributed by atoms with van der Waals surface area (Å²) in [5, 5.41) is 0. The minimum Gasteiger partial charge on any atom is -0.289 e. The van der Waals surface area contributed by atoms with Gasteiger partial charge in [-0.05, 0) is 26.0 Å². The van der Waals surface area contributed by atoms with Gasteiger partial charge in [-0.3, -0.25) is 4.48 Å². The van der Waals surface area contributed by atoms with Gasteiger partial charge < -0.3 is 0 Å². The summed E-state index contributed by atoms with van der Waals surface area (Å²) in [5.41, 5.74) is 1.50. The average Bonchev–Trinajstić information content (AvgIpc) is 2.69. The van der Waals surface area contributed by atoms with Crippen LogP contribution >= 0.6 is 0 Å². The van der Waals surface area contributed by atoms with Crippen molar-refractivity contribution >= 4 is 5.69 Å². The second-order valence-corrected chi connectivity index (χ2v) is 4.62. The number of nitrogens with zero attached hydrogens (tertiary/aromatic N) is 1. The number of likely N-dealkylation sites (tertiary alicyclic amines) is 1. The van der Waals surface area contributed by atoms with Crippen molar-refractivity contribution in [2.75, 3.05) is 13.1 Å². The molecular weight excluding hydrogens is 170 g/mol. The van der Waals surface area contributed by atoms with Crippen LogP contribution in [0.25, 0.3) is 0 Å². The predicted molar refractivity (Wildman–Crippen MR) is 62.3 cm³/mol. The zero-order valence-electron chi connectivity index (χ0n) is 9.24. The van der Waals surface area contributed by atoms with Crippen molar-refractivity contribution in [3.63, 3.8) is 0 Å². The first-order chi connectivity index (χ1) is 6.76. The Morgan fingerprint density at radius 2 is 1.57 bits per heavy atom. The Balaban J connectivity index is 2.36. The number of rotatable bonds is 2. The topological polar surface area (TPSA) is 0 Å². The smallest absolute Gasteiger partial charge is 0.133 e. The quantitative estimate of drug-likeness (QED) is 0.628. The van der Waals surface area contributed by atoms with Crippen LogP contribution in [0.1, 0.15) is 26.7 Å².